The number of fused-ring (bicyclic) bond motifs is 1. The van der Waals surface area contributed by atoms with Crippen LogP contribution < -0.4 is 20.3 Å². The predicted molar refractivity (Wildman–Crippen MR) is 120 cm³/mol. The number of carbonyl (C=O) groups is 1. The van der Waals surface area contributed by atoms with Crippen molar-refractivity contribution in [3.8, 4) is 11.5 Å². The molecular weight excluding hydrogens is 433 g/mol. The van der Waals surface area contributed by atoms with Gasteiger partial charge < -0.3 is 14.8 Å². The summed E-state index contributed by atoms with van der Waals surface area (Å²) < 4.78 is 25.8. The fourth-order valence-electron chi connectivity index (χ4n) is 3.06. The van der Waals surface area contributed by atoms with Crippen LogP contribution in [0.5, 0.6) is 11.5 Å². The van der Waals surface area contributed by atoms with E-state index in [4.69, 9.17) is 9.47 Å². The number of aryl methyl sites for hydroxylation is 2. The summed E-state index contributed by atoms with van der Waals surface area (Å²) in [5.74, 6) is 0.0550. The maximum Gasteiger partial charge on any atom is 0.262 e. The minimum atomic E-state index is -0.392. The molecule has 7 nitrogen and oxygen atoms in total. The molecule has 0 bridgehead atoms. The molecule has 0 aliphatic rings. The molecule has 1 N–H and O–H groups in total. The quantitative estimate of drug-likeness (QED) is 0.456. The number of rotatable bonds is 7. The van der Waals surface area contributed by atoms with Crippen molar-refractivity contribution in [1.82, 2.24) is 9.38 Å². The minimum absolute atomic E-state index is 0.0701. The number of nitrogens with one attached hydrogen (secondary N) is 1. The number of ether oxygens (including phenoxy) is 2. The zero-order valence-electron chi connectivity index (χ0n) is 17.4. The summed E-state index contributed by atoms with van der Waals surface area (Å²) in [7, 11) is 0. The van der Waals surface area contributed by atoms with E-state index in [9.17, 15) is 14.0 Å². The van der Waals surface area contributed by atoms with E-state index in [0.29, 0.717) is 27.8 Å². The van der Waals surface area contributed by atoms with Crippen molar-refractivity contribution in [2.45, 2.75) is 20.5 Å². The van der Waals surface area contributed by atoms with E-state index >= 15 is 0 Å². The lowest BCUT2D eigenvalue weighted by atomic mass is 10.2. The van der Waals surface area contributed by atoms with Gasteiger partial charge in [0.15, 0.2) is 11.6 Å². The van der Waals surface area contributed by atoms with Crippen molar-refractivity contribution < 1.29 is 18.7 Å². The number of hydrogen-bond donors (Lipinski definition) is 1. The molecule has 164 valence electrons. The molecule has 0 saturated heterocycles. The van der Waals surface area contributed by atoms with E-state index < -0.39 is 5.91 Å². The first-order chi connectivity index (χ1) is 15.4. The maximum atomic E-state index is 13.0. The normalized spacial score (nSPS) is 10.8. The standard InChI is InChI=1S/C23H20FN3O4S/c1-14-3-8-20(31-11-17-10-22(29)27-15(2)13-32-23(27)25-17)19(9-14)26-21(28)12-30-18-6-4-16(24)5-7-18/h3-10,13H,11-12H2,1-2H3,(H,26,28). The van der Waals surface area contributed by atoms with Gasteiger partial charge in [-0.3, -0.25) is 14.0 Å². The molecular formula is C23H20FN3O4S. The predicted octanol–water partition coefficient (Wildman–Crippen LogP) is 4.11. The molecule has 32 heavy (non-hydrogen) atoms. The first-order valence-corrected chi connectivity index (χ1v) is 10.7. The van der Waals surface area contributed by atoms with Crippen LogP contribution in [0.1, 0.15) is 17.0 Å². The van der Waals surface area contributed by atoms with Gasteiger partial charge >= 0.3 is 0 Å². The zero-order chi connectivity index (χ0) is 22.7. The number of thiazole rings is 1. The van der Waals surface area contributed by atoms with Crippen LogP contribution in [0, 0.1) is 19.7 Å². The summed E-state index contributed by atoms with van der Waals surface area (Å²) in [5, 5.41) is 4.64. The van der Waals surface area contributed by atoms with E-state index in [-0.39, 0.29) is 24.6 Å². The van der Waals surface area contributed by atoms with E-state index in [1.165, 1.54) is 41.7 Å². The van der Waals surface area contributed by atoms with Gasteiger partial charge in [-0.1, -0.05) is 6.07 Å². The topological polar surface area (TPSA) is 81.9 Å². The SMILES string of the molecule is Cc1ccc(OCc2cc(=O)n3c(C)csc3n2)c(NC(=O)COc2ccc(F)cc2)c1. The van der Waals surface area contributed by atoms with Crippen molar-refractivity contribution in [2.75, 3.05) is 11.9 Å². The smallest absolute Gasteiger partial charge is 0.262 e. The summed E-state index contributed by atoms with van der Waals surface area (Å²) in [6.07, 6.45) is 0. The monoisotopic (exact) mass is 453 g/mol. The highest BCUT2D eigenvalue weighted by Crippen LogP contribution is 2.26. The van der Waals surface area contributed by atoms with Crippen LogP contribution in [0.25, 0.3) is 4.96 Å². The number of benzene rings is 2. The molecule has 2 heterocycles. The summed E-state index contributed by atoms with van der Waals surface area (Å²) in [4.78, 5) is 29.8. The van der Waals surface area contributed by atoms with Gasteiger partial charge in [-0.15, -0.1) is 11.3 Å². The first kappa shape index (κ1) is 21.5. The maximum absolute atomic E-state index is 13.0. The second-order valence-corrected chi connectivity index (χ2v) is 8.00. The van der Waals surface area contributed by atoms with Crippen molar-refractivity contribution in [3.63, 3.8) is 0 Å². The molecule has 0 fully saturated rings. The second-order valence-electron chi connectivity index (χ2n) is 7.16. The van der Waals surface area contributed by atoms with Crippen LogP contribution in [0.15, 0.2) is 58.7 Å². The molecule has 0 spiro atoms. The highest BCUT2D eigenvalue weighted by molar-refractivity contribution is 7.15. The Morgan fingerprint density at radius 2 is 1.91 bits per heavy atom. The van der Waals surface area contributed by atoms with Crippen LogP contribution in [0.2, 0.25) is 0 Å². The molecule has 0 radical (unpaired) electrons. The van der Waals surface area contributed by atoms with E-state index in [0.717, 1.165) is 11.3 Å². The van der Waals surface area contributed by atoms with Gasteiger partial charge in [0.1, 0.15) is 23.9 Å². The molecule has 0 aliphatic heterocycles. The summed E-state index contributed by atoms with van der Waals surface area (Å²) >= 11 is 1.39. The zero-order valence-corrected chi connectivity index (χ0v) is 18.2. The average Bonchev–Trinajstić information content (AvgIpc) is 3.14. The third kappa shape index (κ3) is 4.94. The summed E-state index contributed by atoms with van der Waals surface area (Å²) in [5.41, 5.74) is 2.57. The summed E-state index contributed by atoms with van der Waals surface area (Å²) in [6, 6.07) is 12.2. The Hall–Kier alpha value is -3.72. The van der Waals surface area contributed by atoms with Gasteiger partial charge in [0.25, 0.3) is 11.5 Å². The van der Waals surface area contributed by atoms with Crippen molar-refractivity contribution in [1.29, 1.82) is 0 Å². The number of amides is 1. The van der Waals surface area contributed by atoms with Crippen LogP contribution >= 0.6 is 11.3 Å². The van der Waals surface area contributed by atoms with Gasteiger partial charge in [0, 0.05) is 17.1 Å². The molecule has 9 heteroatoms. The molecule has 2 aromatic carbocycles. The number of carbonyl (C=O) groups excluding carboxylic acids is 1. The van der Waals surface area contributed by atoms with Crippen molar-refractivity contribution >= 4 is 27.9 Å². The lowest BCUT2D eigenvalue weighted by Gasteiger charge is -2.14. The highest BCUT2D eigenvalue weighted by atomic mass is 32.1. The van der Waals surface area contributed by atoms with Crippen LogP contribution in [0.3, 0.4) is 0 Å². The Morgan fingerprint density at radius 3 is 2.69 bits per heavy atom. The molecule has 0 saturated carbocycles. The fraction of sp³-hybridized carbons (Fsp3) is 0.174. The third-order valence-corrected chi connectivity index (χ3v) is 5.54. The van der Waals surface area contributed by atoms with Gasteiger partial charge in [0.05, 0.1) is 11.4 Å². The highest BCUT2D eigenvalue weighted by Gasteiger charge is 2.12. The van der Waals surface area contributed by atoms with Gasteiger partial charge in [-0.25, -0.2) is 9.37 Å². The average molecular weight is 453 g/mol. The fourth-order valence-corrected chi connectivity index (χ4v) is 3.95. The van der Waals surface area contributed by atoms with E-state index in [2.05, 4.69) is 10.3 Å². The number of halogens is 1. The molecule has 4 aromatic rings. The lowest BCUT2D eigenvalue weighted by Crippen LogP contribution is -2.21. The Balaban J connectivity index is 1.44. The van der Waals surface area contributed by atoms with E-state index in [1.807, 2.05) is 25.3 Å². The van der Waals surface area contributed by atoms with Gasteiger partial charge in [-0.2, -0.15) is 0 Å². The molecule has 2 aromatic heterocycles. The number of nitrogens with zero attached hydrogens (tertiary/aromatic N) is 2. The Kier molecular flexibility index (Phi) is 6.18. The Morgan fingerprint density at radius 1 is 1.12 bits per heavy atom. The molecule has 4 rings (SSSR count). The Labute approximate surface area is 187 Å². The molecule has 0 atom stereocenters. The van der Waals surface area contributed by atoms with Crippen LogP contribution in [-0.4, -0.2) is 21.9 Å². The number of hydrogen-bond acceptors (Lipinski definition) is 6. The molecule has 0 aliphatic carbocycles. The van der Waals surface area contributed by atoms with Crippen LogP contribution in [-0.2, 0) is 11.4 Å². The van der Waals surface area contributed by atoms with Crippen molar-refractivity contribution in [2.24, 2.45) is 0 Å². The third-order valence-electron chi connectivity index (χ3n) is 4.60. The number of anilines is 1. The number of aromatic nitrogens is 2. The van der Waals surface area contributed by atoms with Gasteiger partial charge in [-0.05, 0) is 55.8 Å². The summed E-state index contributed by atoms with van der Waals surface area (Å²) in [6.45, 7) is 3.57. The van der Waals surface area contributed by atoms with Gasteiger partial charge in [0.2, 0.25) is 0 Å². The molecule has 0 unspecified atom stereocenters. The second kappa shape index (κ2) is 9.19. The molecule has 1 amide bonds. The van der Waals surface area contributed by atoms with E-state index in [1.54, 1.807) is 16.5 Å². The first-order valence-electron chi connectivity index (χ1n) is 9.77. The lowest BCUT2D eigenvalue weighted by molar-refractivity contribution is -0.118. The largest absolute Gasteiger partial charge is 0.485 e. The minimum Gasteiger partial charge on any atom is -0.485 e. The van der Waals surface area contributed by atoms with Crippen molar-refractivity contribution in [3.05, 3.63) is 87.0 Å². The Bertz CT molecular complexity index is 1330. The van der Waals surface area contributed by atoms with Crippen LogP contribution in [0.4, 0.5) is 10.1 Å².